The van der Waals surface area contributed by atoms with E-state index in [1.165, 1.54) is 28.5 Å². The van der Waals surface area contributed by atoms with Crippen molar-refractivity contribution >= 4 is 23.4 Å². The van der Waals surface area contributed by atoms with Crippen molar-refractivity contribution in [3.63, 3.8) is 0 Å². The molecule has 0 aliphatic heterocycles. The van der Waals surface area contributed by atoms with Crippen LogP contribution in [-0.4, -0.2) is 9.97 Å². The summed E-state index contributed by atoms with van der Waals surface area (Å²) in [4.78, 5) is 8.33. The molecule has 0 aliphatic rings. The molecule has 0 fully saturated rings. The molecule has 1 aromatic heterocycles. The molecule has 0 saturated carbocycles. The van der Waals surface area contributed by atoms with E-state index in [0.717, 1.165) is 5.75 Å². The normalized spacial score (nSPS) is 10.5. The Balaban J connectivity index is 1.69. The van der Waals surface area contributed by atoms with Crippen LogP contribution in [-0.2, 0) is 5.75 Å². The van der Waals surface area contributed by atoms with Gasteiger partial charge in [-0.15, -0.1) is 0 Å². The number of rotatable bonds is 4. The first-order valence-corrected chi connectivity index (χ1v) is 7.86. The molecular weight excluding hydrogens is 292 g/mol. The molecule has 0 atom stereocenters. The molecular formula is C17H16N4S. The second kappa shape index (κ2) is 6.49. The number of hydrogen-bond donors (Lipinski definition) is 2. The number of thioether (sulfide) groups is 1. The lowest BCUT2D eigenvalue weighted by Crippen LogP contribution is -1.99. The first kappa shape index (κ1) is 14.4. The summed E-state index contributed by atoms with van der Waals surface area (Å²) in [6.07, 6.45) is 0. The van der Waals surface area contributed by atoms with Crippen LogP contribution in [0.25, 0.3) is 11.1 Å². The van der Waals surface area contributed by atoms with Crippen molar-refractivity contribution in [1.29, 1.82) is 0 Å². The van der Waals surface area contributed by atoms with Crippen molar-refractivity contribution in [2.75, 3.05) is 11.5 Å². The fourth-order valence-corrected chi connectivity index (χ4v) is 2.93. The minimum atomic E-state index is 0.398. The van der Waals surface area contributed by atoms with Gasteiger partial charge in [0, 0.05) is 11.8 Å². The summed E-state index contributed by atoms with van der Waals surface area (Å²) < 4.78 is 0. The van der Waals surface area contributed by atoms with E-state index < -0.39 is 0 Å². The van der Waals surface area contributed by atoms with E-state index in [9.17, 15) is 0 Å². The van der Waals surface area contributed by atoms with Crippen LogP contribution in [0, 0.1) is 0 Å². The van der Waals surface area contributed by atoms with Gasteiger partial charge in [0.25, 0.3) is 0 Å². The van der Waals surface area contributed by atoms with Crippen LogP contribution in [0.3, 0.4) is 0 Å². The average molecular weight is 308 g/mol. The molecule has 3 aromatic rings. The number of nitrogen functional groups attached to an aromatic ring is 2. The minimum Gasteiger partial charge on any atom is -0.383 e. The van der Waals surface area contributed by atoms with Crippen LogP contribution >= 0.6 is 11.8 Å². The summed E-state index contributed by atoms with van der Waals surface area (Å²) in [5, 5.41) is 0.602. The zero-order valence-corrected chi connectivity index (χ0v) is 12.8. The highest BCUT2D eigenvalue weighted by atomic mass is 32.2. The van der Waals surface area contributed by atoms with Gasteiger partial charge < -0.3 is 11.5 Å². The molecule has 5 heteroatoms. The van der Waals surface area contributed by atoms with E-state index in [1.807, 2.05) is 18.2 Å². The van der Waals surface area contributed by atoms with Crippen molar-refractivity contribution in [2.24, 2.45) is 0 Å². The average Bonchev–Trinajstić information content (AvgIpc) is 2.53. The zero-order chi connectivity index (χ0) is 15.4. The van der Waals surface area contributed by atoms with Crippen LogP contribution in [0.2, 0.25) is 0 Å². The summed E-state index contributed by atoms with van der Waals surface area (Å²) in [6.45, 7) is 0. The van der Waals surface area contributed by atoms with E-state index >= 15 is 0 Å². The van der Waals surface area contributed by atoms with E-state index in [2.05, 4.69) is 46.4 Å². The number of nitrogens with two attached hydrogens (primary N) is 2. The quantitative estimate of drug-likeness (QED) is 0.569. The van der Waals surface area contributed by atoms with Crippen LogP contribution in [0.15, 0.2) is 65.8 Å². The molecule has 0 radical (unpaired) electrons. The molecule has 2 aromatic carbocycles. The van der Waals surface area contributed by atoms with E-state index in [0.29, 0.717) is 16.8 Å². The lowest BCUT2D eigenvalue weighted by molar-refractivity contribution is 0.984. The highest BCUT2D eigenvalue weighted by molar-refractivity contribution is 7.98. The highest BCUT2D eigenvalue weighted by Gasteiger charge is 2.03. The van der Waals surface area contributed by atoms with Gasteiger partial charge in [0.05, 0.1) is 0 Å². The second-order valence-electron chi connectivity index (χ2n) is 4.85. The molecule has 0 amide bonds. The molecule has 22 heavy (non-hydrogen) atoms. The molecule has 0 saturated heterocycles. The van der Waals surface area contributed by atoms with Gasteiger partial charge in [-0.05, 0) is 16.7 Å². The SMILES string of the molecule is Nc1cc(N)nc(SCc2ccc(-c3ccccc3)cc2)n1. The molecule has 0 aliphatic carbocycles. The summed E-state index contributed by atoms with van der Waals surface area (Å²) in [5.41, 5.74) is 15.0. The Morgan fingerprint density at radius 2 is 1.36 bits per heavy atom. The first-order valence-electron chi connectivity index (χ1n) is 6.88. The Kier molecular flexibility index (Phi) is 4.25. The Labute approximate surface area is 133 Å². The third-order valence-electron chi connectivity index (χ3n) is 3.17. The van der Waals surface area contributed by atoms with Gasteiger partial charge in [-0.2, -0.15) is 0 Å². The Bertz CT molecular complexity index is 737. The van der Waals surface area contributed by atoms with Gasteiger partial charge in [-0.3, -0.25) is 0 Å². The van der Waals surface area contributed by atoms with Gasteiger partial charge >= 0.3 is 0 Å². The van der Waals surface area contributed by atoms with Crippen LogP contribution in [0.4, 0.5) is 11.6 Å². The Morgan fingerprint density at radius 3 is 2.00 bits per heavy atom. The van der Waals surface area contributed by atoms with Crippen molar-refractivity contribution < 1.29 is 0 Å². The van der Waals surface area contributed by atoms with Crippen molar-refractivity contribution in [2.45, 2.75) is 10.9 Å². The van der Waals surface area contributed by atoms with Crippen LogP contribution < -0.4 is 11.5 Å². The number of benzene rings is 2. The number of nitrogens with zero attached hydrogens (tertiary/aromatic N) is 2. The van der Waals surface area contributed by atoms with Crippen LogP contribution in [0.1, 0.15) is 5.56 Å². The fraction of sp³-hybridized carbons (Fsp3) is 0.0588. The lowest BCUT2D eigenvalue weighted by Gasteiger charge is -2.05. The predicted octanol–water partition coefficient (Wildman–Crippen LogP) is 3.60. The number of hydrogen-bond acceptors (Lipinski definition) is 5. The second-order valence-corrected chi connectivity index (χ2v) is 5.79. The molecule has 4 nitrogen and oxygen atoms in total. The highest BCUT2D eigenvalue weighted by Crippen LogP contribution is 2.24. The summed E-state index contributed by atoms with van der Waals surface area (Å²) in [6, 6.07) is 20.3. The minimum absolute atomic E-state index is 0.398. The summed E-state index contributed by atoms with van der Waals surface area (Å²) in [5.74, 6) is 1.57. The van der Waals surface area contributed by atoms with Gasteiger partial charge in [0.1, 0.15) is 11.6 Å². The first-order chi connectivity index (χ1) is 10.7. The molecule has 0 spiro atoms. The third-order valence-corrected chi connectivity index (χ3v) is 4.09. The Morgan fingerprint density at radius 1 is 0.773 bits per heavy atom. The summed E-state index contributed by atoms with van der Waals surface area (Å²) in [7, 11) is 0. The van der Waals surface area contributed by atoms with E-state index in [1.54, 1.807) is 6.07 Å². The predicted molar refractivity (Wildman–Crippen MR) is 92.3 cm³/mol. The molecule has 0 bridgehead atoms. The van der Waals surface area contributed by atoms with Crippen molar-refractivity contribution in [3.8, 4) is 11.1 Å². The standard InChI is InChI=1S/C17H16N4S/c18-15-10-16(19)21-17(20-15)22-11-12-6-8-14(9-7-12)13-4-2-1-3-5-13/h1-10H,11H2,(H4,18,19,20,21). The maximum atomic E-state index is 5.67. The fourth-order valence-electron chi connectivity index (χ4n) is 2.10. The van der Waals surface area contributed by atoms with Gasteiger partial charge in [0.15, 0.2) is 5.16 Å². The maximum absolute atomic E-state index is 5.67. The topological polar surface area (TPSA) is 77.8 Å². The van der Waals surface area contributed by atoms with Gasteiger partial charge in [-0.1, -0.05) is 66.4 Å². The number of anilines is 2. The van der Waals surface area contributed by atoms with Crippen LogP contribution in [0.5, 0.6) is 0 Å². The smallest absolute Gasteiger partial charge is 0.191 e. The van der Waals surface area contributed by atoms with E-state index in [-0.39, 0.29) is 0 Å². The van der Waals surface area contributed by atoms with Gasteiger partial charge in [-0.25, -0.2) is 9.97 Å². The third kappa shape index (κ3) is 3.56. The summed E-state index contributed by atoms with van der Waals surface area (Å²) >= 11 is 1.52. The van der Waals surface area contributed by atoms with Gasteiger partial charge in [0.2, 0.25) is 0 Å². The molecule has 0 unspecified atom stereocenters. The molecule has 110 valence electrons. The maximum Gasteiger partial charge on any atom is 0.191 e. The Hall–Kier alpha value is -2.53. The lowest BCUT2D eigenvalue weighted by atomic mass is 10.0. The van der Waals surface area contributed by atoms with E-state index in [4.69, 9.17) is 11.5 Å². The monoisotopic (exact) mass is 308 g/mol. The zero-order valence-electron chi connectivity index (χ0n) is 11.9. The molecule has 1 heterocycles. The molecule has 3 rings (SSSR count). The molecule has 4 N–H and O–H groups in total. The number of aromatic nitrogens is 2. The van der Waals surface area contributed by atoms with Crippen molar-refractivity contribution in [1.82, 2.24) is 9.97 Å². The van der Waals surface area contributed by atoms with Crippen molar-refractivity contribution in [3.05, 3.63) is 66.2 Å². The largest absolute Gasteiger partial charge is 0.383 e.